The Kier molecular flexibility index (Phi) is 7.65. The fourth-order valence-corrected chi connectivity index (χ4v) is 4.33. The lowest BCUT2D eigenvalue weighted by Crippen LogP contribution is -2.43. The summed E-state index contributed by atoms with van der Waals surface area (Å²) in [5, 5.41) is 3.21. The van der Waals surface area contributed by atoms with E-state index in [0.29, 0.717) is 31.5 Å². The minimum Gasteiger partial charge on any atom is -0.497 e. The zero-order valence-electron chi connectivity index (χ0n) is 19.9. The predicted molar refractivity (Wildman–Crippen MR) is 131 cm³/mol. The van der Waals surface area contributed by atoms with Crippen LogP contribution < -0.4 is 14.8 Å². The number of ether oxygens (including phenoxy) is 2. The van der Waals surface area contributed by atoms with Gasteiger partial charge in [-0.3, -0.25) is 9.59 Å². The SMILES string of the molecule is COc1ccc(C(NC(=O)C2CCN(C(=O)c3ccc(F)cc3)CC2)c2ccc(OC)cc2)cc1. The highest BCUT2D eigenvalue weighted by Crippen LogP contribution is 2.28. The third kappa shape index (κ3) is 5.80. The molecule has 0 aromatic heterocycles. The number of hydrogen-bond donors (Lipinski definition) is 1. The largest absolute Gasteiger partial charge is 0.497 e. The number of halogens is 1. The molecule has 0 spiro atoms. The van der Waals surface area contributed by atoms with Gasteiger partial charge in [-0.2, -0.15) is 0 Å². The second-order valence-electron chi connectivity index (χ2n) is 8.56. The molecule has 4 rings (SSSR count). The van der Waals surface area contributed by atoms with Crippen LogP contribution in [0.3, 0.4) is 0 Å². The van der Waals surface area contributed by atoms with Crippen molar-refractivity contribution in [1.29, 1.82) is 0 Å². The molecule has 0 saturated carbocycles. The Morgan fingerprint density at radius 2 is 1.31 bits per heavy atom. The summed E-state index contributed by atoms with van der Waals surface area (Å²) in [7, 11) is 3.23. The van der Waals surface area contributed by atoms with E-state index in [2.05, 4.69) is 5.32 Å². The van der Waals surface area contributed by atoms with Gasteiger partial charge in [-0.15, -0.1) is 0 Å². The first-order valence-electron chi connectivity index (χ1n) is 11.6. The maximum atomic E-state index is 13.3. The zero-order chi connectivity index (χ0) is 24.8. The molecule has 3 aromatic carbocycles. The maximum Gasteiger partial charge on any atom is 0.253 e. The number of methoxy groups -OCH3 is 2. The van der Waals surface area contributed by atoms with Gasteiger partial charge < -0.3 is 19.7 Å². The lowest BCUT2D eigenvalue weighted by Gasteiger charge is -2.32. The van der Waals surface area contributed by atoms with E-state index in [9.17, 15) is 14.0 Å². The molecule has 2 amide bonds. The first kappa shape index (κ1) is 24.3. The Morgan fingerprint density at radius 3 is 1.77 bits per heavy atom. The molecule has 0 bridgehead atoms. The van der Waals surface area contributed by atoms with Crippen LogP contribution in [0.5, 0.6) is 11.5 Å². The van der Waals surface area contributed by atoms with E-state index >= 15 is 0 Å². The van der Waals surface area contributed by atoms with E-state index in [-0.39, 0.29) is 29.6 Å². The zero-order valence-corrected chi connectivity index (χ0v) is 19.9. The highest BCUT2D eigenvalue weighted by Gasteiger charge is 2.29. The molecule has 7 heteroatoms. The van der Waals surface area contributed by atoms with Crippen LogP contribution in [0.1, 0.15) is 40.4 Å². The third-order valence-corrected chi connectivity index (χ3v) is 6.43. The number of nitrogens with zero attached hydrogens (tertiary/aromatic N) is 1. The van der Waals surface area contributed by atoms with Crippen molar-refractivity contribution in [2.75, 3.05) is 27.3 Å². The predicted octanol–water partition coefficient (Wildman–Crippen LogP) is 4.60. The highest BCUT2D eigenvalue weighted by atomic mass is 19.1. The number of amides is 2. The Balaban J connectivity index is 1.44. The number of nitrogens with one attached hydrogen (secondary N) is 1. The van der Waals surface area contributed by atoms with Crippen LogP contribution in [0.4, 0.5) is 4.39 Å². The number of hydrogen-bond acceptors (Lipinski definition) is 4. The Hall–Kier alpha value is -3.87. The van der Waals surface area contributed by atoms with Crippen molar-refractivity contribution in [3.8, 4) is 11.5 Å². The summed E-state index contributed by atoms with van der Waals surface area (Å²) in [6, 6.07) is 20.5. The van der Waals surface area contributed by atoms with Crippen LogP contribution in [0.2, 0.25) is 0 Å². The van der Waals surface area contributed by atoms with E-state index in [4.69, 9.17) is 9.47 Å². The Bertz CT molecular complexity index is 1090. The van der Waals surface area contributed by atoms with Gasteiger partial charge in [0.2, 0.25) is 5.91 Å². The van der Waals surface area contributed by atoms with Crippen LogP contribution in [-0.4, -0.2) is 44.0 Å². The van der Waals surface area contributed by atoms with Gasteiger partial charge in [0.15, 0.2) is 0 Å². The molecule has 182 valence electrons. The molecule has 6 nitrogen and oxygen atoms in total. The van der Waals surface area contributed by atoms with E-state index in [0.717, 1.165) is 22.6 Å². The molecule has 0 radical (unpaired) electrons. The number of rotatable bonds is 7. The molecule has 0 aliphatic carbocycles. The normalized spacial score (nSPS) is 14.0. The fourth-order valence-electron chi connectivity index (χ4n) is 4.33. The van der Waals surface area contributed by atoms with Crippen molar-refractivity contribution < 1.29 is 23.5 Å². The molecule has 0 unspecified atom stereocenters. The quantitative estimate of drug-likeness (QED) is 0.541. The van der Waals surface area contributed by atoms with Crippen LogP contribution >= 0.6 is 0 Å². The molecule has 1 fully saturated rings. The van der Waals surface area contributed by atoms with Crippen LogP contribution in [-0.2, 0) is 4.79 Å². The summed E-state index contributed by atoms with van der Waals surface area (Å²) in [6.07, 6.45) is 1.13. The number of benzene rings is 3. The summed E-state index contributed by atoms with van der Waals surface area (Å²) in [6.45, 7) is 0.952. The molecule has 3 aromatic rings. The van der Waals surface area contributed by atoms with E-state index in [1.165, 1.54) is 24.3 Å². The van der Waals surface area contributed by atoms with Crippen LogP contribution in [0, 0.1) is 11.7 Å². The molecular formula is C28H29FN2O4. The summed E-state index contributed by atoms with van der Waals surface area (Å²) in [4.78, 5) is 27.7. The smallest absolute Gasteiger partial charge is 0.253 e. The molecule has 1 aliphatic heterocycles. The topological polar surface area (TPSA) is 67.9 Å². The Morgan fingerprint density at radius 1 is 0.829 bits per heavy atom. The number of carbonyl (C=O) groups excluding carboxylic acids is 2. The van der Waals surface area contributed by atoms with Crippen molar-refractivity contribution in [3.63, 3.8) is 0 Å². The third-order valence-electron chi connectivity index (χ3n) is 6.43. The van der Waals surface area contributed by atoms with Crippen LogP contribution in [0.15, 0.2) is 72.8 Å². The fraction of sp³-hybridized carbons (Fsp3) is 0.286. The standard InChI is InChI=1S/C28H29FN2O4/c1-34-24-11-5-19(6-12-24)26(20-7-13-25(35-2)14-8-20)30-27(32)21-15-17-31(18-16-21)28(33)22-3-9-23(29)10-4-22/h3-14,21,26H,15-18H2,1-2H3,(H,30,32). The van der Waals surface area contributed by atoms with Gasteiger partial charge in [0.1, 0.15) is 17.3 Å². The molecule has 1 saturated heterocycles. The van der Waals surface area contributed by atoms with Gasteiger partial charge in [-0.05, 0) is 72.5 Å². The van der Waals surface area contributed by atoms with Crippen molar-refractivity contribution in [2.45, 2.75) is 18.9 Å². The molecule has 1 heterocycles. The van der Waals surface area contributed by atoms with Crippen LogP contribution in [0.25, 0.3) is 0 Å². The molecular weight excluding hydrogens is 447 g/mol. The minimum atomic E-state index is -0.375. The minimum absolute atomic E-state index is 0.0458. The molecule has 0 atom stereocenters. The second kappa shape index (κ2) is 11.0. The molecule has 1 aliphatic rings. The summed E-state index contributed by atoms with van der Waals surface area (Å²) in [5.74, 6) is 0.721. The van der Waals surface area contributed by atoms with E-state index in [1.807, 2.05) is 48.5 Å². The average molecular weight is 477 g/mol. The van der Waals surface area contributed by atoms with Crippen molar-refractivity contribution in [1.82, 2.24) is 10.2 Å². The molecule has 35 heavy (non-hydrogen) atoms. The molecule has 1 N–H and O–H groups in total. The van der Waals surface area contributed by atoms with E-state index in [1.54, 1.807) is 19.1 Å². The van der Waals surface area contributed by atoms with Gasteiger partial charge in [0.05, 0.1) is 20.3 Å². The first-order valence-corrected chi connectivity index (χ1v) is 11.6. The number of likely N-dealkylation sites (tertiary alicyclic amines) is 1. The Labute approximate surface area is 204 Å². The lowest BCUT2D eigenvalue weighted by atomic mass is 9.93. The van der Waals surface area contributed by atoms with Gasteiger partial charge in [0, 0.05) is 24.6 Å². The summed E-state index contributed by atoms with van der Waals surface area (Å²) >= 11 is 0. The summed E-state index contributed by atoms with van der Waals surface area (Å²) < 4.78 is 23.7. The van der Waals surface area contributed by atoms with Crippen molar-refractivity contribution in [3.05, 3.63) is 95.3 Å². The second-order valence-corrected chi connectivity index (χ2v) is 8.56. The van der Waals surface area contributed by atoms with Gasteiger partial charge in [0.25, 0.3) is 5.91 Å². The number of carbonyl (C=O) groups is 2. The van der Waals surface area contributed by atoms with Crippen molar-refractivity contribution in [2.24, 2.45) is 5.92 Å². The highest BCUT2D eigenvalue weighted by molar-refractivity contribution is 5.94. The first-order chi connectivity index (χ1) is 17.0. The van der Waals surface area contributed by atoms with Gasteiger partial charge in [-0.25, -0.2) is 4.39 Å². The van der Waals surface area contributed by atoms with Crippen molar-refractivity contribution >= 4 is 11.8 Å². The lowest BCUT2D eigenvalue weighted by molar-refractivity contribution is -0.126. The average Bonchev–Trinajstić information content (AvgIpc) is 2.92. The van der Waals surface area contributed by atoms with Gasteiger partial charge >= 0.3 is 0 Å². The monoisotopic (exact) mass is 476 g/mol. The summed E-state index contributed by atoms with van der Waals surface area (Å²) in [5.41, 5.74) is 2.33. The number of piperidine rings is 1. The van der Waals surface area contributed by atoms with E-state index < -0.39 is 0 Å². The van der Waals surface area contributed by atoms with Gasteiger partial charge in [-0.1, -0.05) is 24.3 Å². The maximum absolute atomic E-state index is 13.3.